The minimum atomic E-state index is 0.0605. The fraction of sp³-hybridized carbons (Fsp3) is 0.455. The Morgan fingerprint density at radius 2 is 2.20 bits per heavy atom. The molecule has 0 amide bonds. The molecule has 0 radical (unpaired) electrons. The molecule has 0 atom stereocenters. The van der Waals surface area contributed by atoms with E-state index in [2.05, 4.69) is 0 Å². The second-order valence-corrected chi connectivity index (χ2v) is 4.10. The lowest BCUT2D eigenvalue weighted by atomic mass is 10.2. The summed E-state index contributed by atoms with van der Waals surface area (Å²) in [6.07, 6.45) is 2.63. The Labute approximate surface area is 94.9 Å². The lowest BCUT2D eigenvalue weighted by Gasteiger charge is -2.08. The van der Waals surface area contributed by atoms with E-state index in [0.717, 1.165) is 31.5 Å². The molecule has 0 aliphatic heterocycles. The molecule has 4 heteroatoms. The van der Waals surface area contributed by atoms with Crippen LogP contribution in [0.15, 0.2) is 23.0 Å². The fourth-order valence-corrected chi connectivity index (χ4v) is 1.62. The first-order chi connectivity index (χ1) is 7.11. The molecule has 2 N–H and O–H groups in total. The zero-order valence-corrected chi connectivity index (χ0v) is 9.72. The van der Waals surface area contributed by atoms with Gasteiger partial charge in [0.15, 0.2) is 0 Å². The zero-order valence-electron chi connectivity index (χ0n) is 8.90. The van der Waals surface area contributed by atoms with Crippen LogP contribution in [-0.2, 0) is 6.54 Å². The van der Waals surface area contributed by atoms with E-state index in [-0.39, 0.29) is 5.56 Å². The number of aryl methyl sites for hydroxylation is 1. The SMILES string of the molecule is Cc1cccc(=O)n1CCCCC(N)=S. The molecule has 0 fully saturated rings. The molecule has 1 rings (SSSR count). The van der Waals surface area contributed by atoms with Gasteiger partial charge in [-0.2, -0.15) is 0 Å². The molecule has 0 spiro atoms. The number of thiocarbonyl (C=S) groups is 1. The normalized spacial score (nSPS) is 10.2. The van der Waals surface area contributed by atoms with Crippen molar-refractivity contribution in [2.45, 2.75) is 32.7 Å². The fourth-order valence-electron chi connectivity index (χ4n) is 1.48. The summed E-state index contributed by atoms with van der Waals surface area (Å²) in [5.74, 6) is 0. The summed E-state index contributed by atoms with van der Waals surface area (Å²) in [7, 11) is 0. The highest BCUT2D eigenvalue weighted by atomic mass is 32.1. The maximum Gasteiger partial charge on any atom is 0.250 e. The molecule has 1 heterocycles. The topological polar surface area (TPSA) is 48.0 Å². The highest BCUT2D eigenvalue weighted by molar-refractivity contribution is 7.80. The maximum absolute atomic E-state index is 11.5. The highest BCUT2D eigenvalue weighted by Gasteiger charge is 1.98. The maximum atomic E-state index is 11.5. The predicted octanol–water partition coefficient (Wildman–Crippen LogP) is 1.61. The first-order valence-corrected chi connectivity index (χ1v) is 5.47. The third kappa shape index (κ3) is 3.83. The number of aromatic nitrogens is 1. The Bertz CT molecular complexity index is 398. The summed E-state index contributed by atoms with van der Waals surface area (Å²) in [6, 6.07) is 5.30. The molecule has 15 heavy (non-hydrogen) atoms. The summed E-state index contributed by atoms with van der Waals surface area (Å²) in [4.78, 5) is 12.0. The van der Waals surface area contributed by atoms with Crippen LogP contribution in [0.1, 0.15) is 25.0 Å². The van der Waals surface area contributed by atoms with Crippen molar-refractivity contribution in [2.75, 3.05) is 0 Å². The summed E-state index contributed by atoms with van der Waals surface area (Å²) >= 11 is 4.79. The molecule has 1 aromatic heterocycles. The highest BCUT2D eigenvalue weighted by Crippen LogP contribution is 2.00. The van der Waals surface area contributed by atoms with Gasteiger partial charge in [-0.05, 0) is 32.3 Å². The van der Waals surface area contributed by atoms with Crippen molar-refractivity contribution in [3.05, 3.63) is 34.2 Å². The van der Waals surface area contributed by atoms with Gasteiger partial charge >= 0.3 is 0 Å². The number of hydrogen-bond acceptors (Lipinski definition) is 2. The van der Waals surface area contributed by atoms with E-state index in [4.69, 9.17) is 18.0 Å². The lowest BCUT2D eigenvalue weighted by molar-refractivity contribution is 0.590. The van der Waals surface area contributed by atoms with E-state index in [1.807, 2.05) is 13.0 Å². The van der Waals surface area contributed by atoms with Gasteiger partial charge in [-0.3, -0.25) is 4.79 Å². The minimum Gasteiger partial charge on any atom is -0.393 e. The standard InChI is InChI=1S/C11H16N2OS/c1-9-5-4-7-11(14)13(9)8-3-2-6-10(12)15/h4-5,7H,2-3,6,8H2,1H3,(H2,12,15). The Morgan fingerprint density at radius 3 is 2.80 bits per heavy atom. The van der Waals surface area contributed by atoms with Crippen molar-refractivity contribution in [3.8, 4) is 0 Å². The molecule has 0 saturated heterocycles. The number of unbranched alkanes of at least 4 members (excludes halogenated alkanes) is 1. The van der Waals surface area contributed by atoms with Crippen LogP contribution in [0.25, 0.3) is 0 Å². The zero-order chi connectivity index (χ0) is 11.3. The summed E-state index contributed by atoms with van der Waals surface area (Å²) in [5, 5.41) is 0. The number of hydrogen-bond donors (Lipinski definition) is 1. The second kappa shape index (κ2) is 5.66. The smallest absolute Gasteiger partial charge is 0.250 e. The number of rotatable bonds is 5. The molecular weight excluding hydrogens is 208 g/mol. The number of nitrogens with zero attached hydrogens (tertiary/aromatic N) is 1. The van der Waals surface area contributed by atoms with E-state index >= 15 is 0 Å². The average Bonchev–Trinajstić information content (AvgIpc) is 2.15. The first kappa shape index (κ1) is 11.9. The molecule has 0 bridgehead atoms. The Hall–Kier alpha value is -1.16. The summed E-state index contributed by atoms with van der Waals surface area (Å²) < 4.78 is 1.78. The van der Waals surface area contributed by atoms with Crippen LogP contribution in [0.2, 0.25) is 0 Å². The molecule has 0 unspecified atom stereocenters. The van der Waals surface area contributed by atoms with Gasteiger partial charge in [0.05, 0.1) is 4.99 Å². The number of pyridine rings is 1. The molecular formula is C11H16N2OS. The Morgan fingerprint density at radius 1 is 1.47 bits per heavy atom. The third-order valence-electron chi connectivity index (χ3n) is 2.32. The number of nitrogens with two attached hydrogens (primary N) is 1. The average molecular weight is 224 g/mol. The van der Waals surface area contributed by atoms with Crippen molar-refractivity contribution >= 4 is 17.2 Å². The van der Waals surface area contributed by atoms with Crippen LogP contribution in [-0.4, -0.2) is 9.56 Å². The van der Waals surface area contributed by atoms with Crippen LogP contribution in [0.4, 0.5) is 0 Å². The van der Waals surface area contributed by atoms with Gasteiger partial charge in [-0.15, -0.1) is 0 Å². The van der Waals surface area contributed by atoms with Gasteiger partial charge in [0.2, 0.25) is 0 Å². The van der Waals surface area contributed by atoms with Crippen LogP contribution in [0, 0.1) is 6.92 Å². The van der Waals surface area contributed by atoms with E-state index < -0.39 is 0 Å². The monoisotopic (exact) mass is 224 g/mol. The van der Waals surface area contributed by atoms with Crippen molar-refractivity contribution in [3.63, 3.8) is 0 Å². The van der Waals surface area contributed by atoms with E-state index in [1.165, 1.54) is 0 Å². The Balaban J connectivity index is 2.51. The van der Waals surface area contributed by atoms with Crippen LogP contribution >= 0.6 is 12.2 Å². The van der Waals surface area contributed by atoms with E-state index in [1.54, 1.807) is 16.7 Å². The second-order valence-electron chi connectivity index (χ2n) is 3.58. The molecule has 3 nitrogen and oxygen atoms in total. The van der Waals surface area contributed by atoms with Crippen LogP contribution < -0.4 is 11.3 Å². The molecule has 82 valence electrons. The van der Waals surface area contributed by atoms with E-state index in [0.29, 0.717) is 4.99 Å². The summed E-state index contributed by atoms with van der Waals surface area (Å²) in [5.41, 5.74) is 6.45. The van der Waals surface area contributed by atoms with Gasteiger partial charge in [0.1, 0.15) is 0 Å². The van der Waals surface area contributed by atoms with Crippen molar-refractivity contribution in [1.82, 2.24) is 4.57 Å². The van der Waals surface area contributed by atoms with Gasteiger partial charge in [-0.1, -0.05) is 18.3 Å². The van der Waals surface area contributed by atoms with E-state index in [9.17, 15) is 4.79 Å². The molecule has 0 aliphatic rings. The largest absolute Gasteiger partial charge is 0.393 e. The molecule has 1 aromatic rings. The van der Waals surface area contributed by atoms with Crippen molar-refractivity contribution < 1.29 is 0 Å². The van der Waals surface area contributed by atoms with Crippen molar-refractivity contribution in [1.29, 1.82) is 0 Å². The summed E-state index contributed by atoms with van der Waals surface area (Å²) in [6.45, 7) is 2.68. The molecule has 0 aliphatic carbocycles. The first-order valence-electron chi connectivity index (χ1n) is 5.06. The van der Waals surface area contributed by atoms with Crippen LogP contribution in [0.5, 0.6) is 0 Å². The molecule has 0 saturated carbocycles. The molecule has 0 aromatic carbocycles. The third-order valence-corrected chi connectivity index (χ3v) is 2.53. The predicted molar refractivity (Wildman–Crippen MR) is 66.1 cm³/mol. The quantitative estimate of drug-likeness (QED) is 0.610. The Kier molecular flexibility index (Phi) is 4.49. The van der Waals surface area contributed by atoms with Gasteiger partial charge in [0, 0.05) is 18.3 Å². The van der Waals surface area contributed by atoms with Crippen molar-refractivity contribution in [2.24, 2.45) is 5.73 Å². The van der Waals surface area contributed by atoms with Gasteiger partial charge in [-0.25, -0.2) is 0 Å². The van der Waals surface area contributed by atoms with Gasteiger partial charge < -0.3 is 10.3 Å². The lowest BCUT2D eigenvalue weighted by Crippen LogP contribution is -2.21. The minimum absolute atomic E-state index is 0.0605. The van der Waals surface area contributed by atoms with Crippen LogP contribution in [0.3, 0.4) is 0 Å². The van der Waals surface area contributed by atoms with Gasteiger partial charge in [0.25, 0.3) is 5.56 Å².